The number of H-pyrrole nitrogens is 1. The first-order chi connectivity index (χ1) is 12.1. The number of fused-ring (bicyclic) bond motifs is 2. The van der Waals surface area contributed by atoms with Gasteiger partial charge in [-0.3, -0.25) is 5.43 Å². The monoisotopic (exact) mass is 369 g/mol. The summed E-state index contributed by atoms with van der Waals surface area (Å²) in [4.78, 5) is 14.0. The number of thiophene rings is 1. The van der Waals surface area contributed by atoms with Crippen LogP contribution >= 0.6 is 22.9 Å². The Morgan fingerprint density at radius 1 is 1.24 bits per heavy atom. The highest BCUT2D eigenvalue weighted by molar-refractivity contribution is 7.18. The topological polar surface area (TPSA) is 66.0 Å². The summed E-state index contributed by atoms with van der Waals surface area (Å²) < 4.78 is 0. The molecule has 0 saturated heterocycles. The molecule has 126 valence electrons. The Hall–Kier alpha value is -2.44. The molecule has 3 aromatic heterocycles. The second-order valence-corrected chi connectivity index (χ2v) is 7.45. The Morgan fingerprint density at radius 3 is 2.92 bits per heavy atom. The van der Waals surface area contributed by atoms with Crippen molar-refractivity contribution in [1.82, 2.24) is 15.0 Å². The Labute approximate surface area is 153 Å². The van der Waals surface area contributed by atoms with Crippen LogP contribution in [-0.4, -0.2) is 21.2 Å². The molecule has 7 heteroatoms. The van der Waals surface area contributed by atoms with Gasteiger partial charge in [-0.2, -0.15) is 5.10 Å². The molecule has 0 aliphatic heterocycles. The Morgan fingerprint density at radius 2 is 2.08 bits per heavy atom. The van der Waals surface area contributed by atoms with Crippen molar-refractivity contribution in [1.29, 1.82) is 0 Å². The van der Waals surface area contributed by atoms with Gasteiger partial charge in [0.05, 0.1) is 11.6 Å². The van der Waals surface area contributed by atoms with Gasteiger partial charge in [0.1, 0.15) is 16.3 Å². The smallest absolute Gasteiger partial charge is 0.158 e. The summed E-state index contributed by atoms with van der Waals surface area (Å²) in [5, 5.41) is 6.92. The first-order valence-corrected chi connectivity index (χ1v) is 9.12. The molecule has 5 nitrogen and oxygen atoms in total. The van der Waals surface area contributed by atoms with Gasteiger partial charge in [0.2, 0.25) is 0 Å². The summed E-state index contributed by atoms with van der Waals surface area (Å²) >= 11 is 7.97. The van der Waals surface area contributed by atoms with E-state index in [-0.39, 0.29) is 0 Å². The van der Waals surface area contributed by atoms with E-state index in [0.717, 1.165) is 26.7 Å². The molecule has 0 radical (unpaired) electrons. The first kappa shape index (κ1) is 16.1. The van der Waals surface area contributed by atoms with Crippen LogP contribution in [0.25, 0.3) is 21.1 Å². The maximum Gasteiger partial charge on any atom is 0.158 e. The highest BCUT2D eigenvalue weighted by Crippen LogP contribution is 2.32. The third-order valence-corrected chi connectivity index (χ3v) is 5.62. The van der Waals surface area contributed by atoms with Crippen LogP contribution in [0.5, 0.6) is 0 Å². The Bertz CT molecular complexity index is 1080. The van der Waals surface area contributed by atoms with Gasteiger partial charge in [0.25, 0.3) is 0 Å². The van der Waals surface area contributed by atoms with Crippen LogP contribution in [0.2, 0.25) is 5.15 Å². The second-order valence-electron chi connectivity index (χ2n) is 6.01. The highest BCUT2D eigenvalue weighted by Gasteiger charge is 2.11. The third-order valence-electron chi connectivity index (χ3n) is 3.98. The van der Waals surface area contributed by atoms with E-state index < -0.39 is 0 Å². The number of anilines is 1. The largest absolute Gasteiger partial charge is 0.345 e. The van der Waals surface area contributed by atoms with Crippen LogP contribution in [0.4, 0.5) is 5.82 Å². The lowest BCUT2D eigenvalue weighted by atomic mass is 10.2. The zero-order valence-electron chi connectivity index (χ0n) is 13.7. The zero-order valence-corrected chi connectivity index (χ0v) is 15.3. The van der Waals surface area contributed by atoms with Crippen molar-refractivity contribution in [3.63, 3.8) is 0 Å². The third kappa shape index (κ3) is 2.99. The van der Waals surface area contributed by atoms with Crippen molar-refractivity contribution in [3.8, 4) is 0 Å². The molecular weight excluding hydrogens is 354 g/mol. The van der Waals surface area contributed by atoms with E-state index in [9.17, 15) is 0 Å². The summed E-state index contributed by atoms with van der Waals surface area (Å²) in [6.45, 7) is 4.34. The van der Waals surface area contributed by atoms with Crippen LogP contribution in [0, 0.1) is 0 Å². The maximum absolute atomic E-state index is 6.28. The fraction of sp³-hybridized carbons (Fsp3) is 0.167. The SMILES string of the molecule is CC(C)c1cc2c(NN=Cc3c(Cl)[nH]c4ccccc34)ncnc2s1. The van der Waals surface area contributed by atoms with Gasteiger partial charge in [-0.05, 0) is 18.1 Å². The minimum Gasteiger partial charge on any atom is -0.345 e. The number of halogens is 1. The molecule has 2 N–H and O–H groups in total. The molecule has 0 atom stereocenters. The van der Waals surface area contributed by atoms with Crippen molar-refractivity contribution in [2.45, 2.75) is 19.8 Å². The van der Waals surface area contributed by atoms with Gasteiger partial charge in [-0.25, -0.2) is 9.97 Å². The Balaban J connectivity index is 1.65. The zero-order chi connectivity index (χ0) is 17.4. The van der Waals surface area contributed by atoms with E-state index in [1.54, 1.807) is 23.9 Å². The lowest BCUT2D eigenvalue weighted by Gasteiger charge is -2.00. The minimum atomic E-state index is 0.459. The van der Waals surface area contributed by atoms with E-state index in [0.29, 0.717) is 16.9 Å². The quantitative estimate of drug-likeness (QED) is 0.374. The molecule has 0 spiro atoms. The van der Waals surface area contributed by atoms with Gasteiger partial charge in [0.15, 0.2) is 5.82 Å². The lowest BCUT2D eigenvalue weighted by Crippen LogP contribution is -1.94. The van der Waals surface area contributed by atoms with Crippen LogP contribution < -0.4 is 5.43 Å². The molecule has 0 saturated carbocycles. The predicted molar refractivity (Wildman–Crippen MR) is 106 cm³/mol. The fourth-order valence-corrected chi connectivity index (χ4v) is 3.92. The number of nitrogens with one attached hydrogen (secondary N) is 2. The number of hydrazone groups is 1. The summed E-state index contributed by atoms with van der Waals surface area (Å²) in [6.07, 6.45) is 3.27. The van der Waals surface area contributed by atoms with Gasteiger partial charge in [-0.15, -0.1) is 11.3 Å². The van der Waals surface area contributed by atoms with Crippen LogP contribution in [0.15, 0.2) is 41.8 Å². The molecular formula is C18H16ClN5S. The fourth-order valence-electron chi connectivity index (χ4n) is 2.66. The first-order valence-electron chi connectivity index (χ1n) is 7.93. The van der Waals surface area contributed by atoms with E-state index in [4.69, 9.17) is 11.6 Å². The number of benzene rings is 1. The van der Waals surface area contributed by atoms with Gasteiger partial charge in [0, 0.05) is 21.3 Å². The molecule has 0 amide bonds. The van der Waals surface area contributed by atoms with Crippen molar-refractivity contribution in [2.24, 2.45) is 5.10 Å². The van der Waals surface area contributed by atoms with Crippen LogP contribution in [-0.2, 0) is 0 Å². The lowest BCUT2D eigenvalue weighted by molar-refractivity contribution is 0.890. The number of aromatic nitrogens is 3. The molecule has 0 aliphatic rings. The average Bonchev–Trinajstić information content (AvgIpc) is 3.17. The van der Waals surface area contributed by atoms with E-state index in [1.807, 2.05) is 24.3 Å². The van der Waals surface area contributed by atoms with E-state index in [1.165, 1.54) is 4.88 Å². The van der Waals surface area contributed by atoms with Gasteiger partial charge >= 0.3 is 0 Å². The number of nitrogens with zero attached hydrogens (tertiary/aromatic N) is 3. The molecule has 3 heterocycles. The van der Waals surface area contributed by atoms with E-state index >= 15 is 0 Å². The number of hydrogen-bond donors (Lipinski definition) is 2. The predicted octanol–water partition coefficient (Wildman–Crippen LogP) is 5.40. The van der Waals surface area contributed by atoms with Crippen LogP contribution in [0.1, 0.15) is 30.2 Å². The standard InChI is InChI=1S/C18H16ClN5S/c1-10(2)15-7-12-17(20-9-21-18(12)25-15)24-22-8-13-11-5-3-4-6-14(11)23-16(13)19/h3-10,23H,1-2H3,(H,20,21,24). The normalized spacial score (nSPS) is 12.0. The summed E-state index contributed by atoms with van der Waals surface area (Å²) in [5.41, 5.74) is 4.86. The minimum absolute atomic E-state index is 0.459. The molecule has 0 bridgehead atoms. The average molecular weight is 370 g/mol. The molecule has 0 fully saturated rings. The molecule has 4 aromatic rings. The molecule has 1 aromatic carbocycles. The van der Waals surface area contributed by atoms with Crippen molar-refractivity contribution in [3.05, 3.63) is 52.3 Å². The molecule has 25 heavy (non-hydrogen) atoms. The van der Waals surface area contributed by atoms with E-state index in [2.05, 4.69) is 45.4 Å². The summed E-state index contributed by atoms with van der Waals surface area (Å²) in [6, 6.07) is 10.1. The molecule has 0 unspecified atom stereocenters. The number of aromatic amines is 1. The van der Waals surface area contributed by atoms with Crippen molar-refractivity contribution >= 4 is 56.1 Å². The molecule has 4 rings (SSSR count). The number of hydrogen-bond acceptors (Lipinski definition) is 5. The number of rotatable bonds is 4. The number of para-hydroxylation sites is 1. The Kier molecular flexibility index (Phi) is 4.15. The van der Waals surface area contributed by atoms with Gasteiger partial charge in [-0.1, -0.05) is 43.6 Å². The van der Waals surface area contributed by atoms with Crippen molar-refractivity contribution in [2.75, 3.05) is 5.43 Å². The highest BCUT2D eigenvalue weighted by atomic mass is 35.5. The maximum atomic E-state index is 6.28. The van der Waals surface area contributed by atoms with Crippen LogP contribution in [0.3, 0.4) is 0 Å². The van der Waals surface area contributed by atoms with Crippen molar-refractivity contribution < 1.29 is 0 Å². The second kappa shape index (κ2) is 6.46. The van der Waals surface area contributed by atoms with Gasteiger partial charge < -0.3 is 4.98 Å². The molecule has 0 aliphatic carbocycles. The summed E-state index contributed by atoms with van der Waals surface area (Å²) in [5.74, 6) is 1.15. The summed E-state index contributed by atoms with van der Waals surface area (Å²) in [7, 11) is 0.